The summed E-state index contributed by atoms with van der Waals surface area (Å²) in [7, 11) is 0. The summed E-state index contributed by atoms with van der Waals surface area (Å²) < 4.78 is 14.3. The molecule has 2 aromatic rings. The molecule has 0 bridgehead atoms. The number of halogens is 2. The molecule has 1 aromatic heterocycles. The maximum absolute atomic E-state index is 13.4. The Bertz CT molecular complexity index is 499. The lowest BCUT2D eigenvalue weighted by Crippen LogP contribution is -2.15. The zero-order chi connectivity index (χ0) is 12.3. The number of rotatable bonds is 3. The van der Waals surface area contributed by atoms with E-state index in [9.17, 15) is 4.39 Å². The van der Waals surface area contributed by atoms with Gasteiger partial charge in [0.05, 0.1) is 11.7 Å². The SMILES string of the molecule is NC(Cc1ccccc1F)c1ccc(Br)cn1. The highest BCUT2D eigenvalue weighted by atomic mass is 79.9. The van der Waals surface area contributed by atoms with Crippen LogP contribution in [0.15, 0.2) is 47.1 Å². The number of nitrogens with zero attached hydrogens (tertiary/aromatic N) is 1. The molecule has 1 aromatic carbocycles. The molecule has 0 radical (unpaired) electrons. The number of pyridine rings is 1. The Kier molecular flexibility index (Phi) is 3.86. The van der Waals surface area contributed by atoms with Crippen LogP contribution in [0.5, 0.6) is 0 Å². The highest BCUT2D eigenvalue weighted by Gasteiger charge is 2.10. The molecule has 1 atom stereocenters. The Balaban J connectivity index is 2.14. The molecule has 0 fully saturated rings. The van der Waals surface area contributed by atoms with Gasteiger partial charge in [0, 0.05) is 10.7 Å². The summed E-state index contributed by atoms with van der Waals surface area (Å²) >= 11 is 3.31. The van der Waals surface area contributed by atoms with Crippen LogP contribution >= 0.6 is 15.9 Å². The number of hydrogen-bond donors (Lipinski definition) is 1. The first-order valence-electron chi connectivity index (χ1n) is 5.27. The fourth-order valence-corrected chi connectivity index (χ4v) is 1.85. The summed E-state index contributed by atoms with van der Waals surface area (Å²) in [5.74, 6) is -0.222. The highest BCUT2D eigenvalue weighted by Crippen LogP contribution is 2.17. The van der Waals surface area contributed by atoms with Gasteiger partial charge in [0.1, 0.15) is 5.82 Å². The van der Waals surface area contributed by atoms with Gasteiger partial charge in [0.15, 0.2) is 0 Å². The summed E-state index contributed by atoms with van der Waals surface area (Å²) in [5, 5.41) is 0. The van der Waals surface area contributed by atoms with Gasteiger partial charge in [-0.15, -0.1) is 0 Å². The van der Waals surface area contributed by atoms with Crippen molar-refractivity contribution in [3.05, 3.63) is 64.1 Å². The minimum Gasteiger partial charge on any atom is -0.322 e. The standard InChI is InChI=1S/C13H12BrFN2/c14-10-5-6-13(17-8-10)12(16)7-9-3-1-2-4-11(9)15/h1-6,8,12H,7,16H2. The van der Waals surface area contributed by atoms with Crippen LogP contribution in [0.25, 0.3) is 0 Å². The molecule has 0 aliphatic carbocycles. The highest BCUT2D eigenvalue weighted by molar-refractivity contribution is 9.10. The number of aromatic nitrogens is 1. The van der Waals surface area contributed by atoms with E-state index in [0.717, 1.165) is 10.2 Å². The van der Waals surface area contributed by atoms with Gasteiger partial charge < -0.3 is 5.73 Å². The van der Waals surface area contributed by atoms with Crippen molar-refractivity contribution in [3.63, 3.8) is 0 Å². The minimum absolute atomic E-state index is 0.222. The van der Waals surface area contributed by atoms with Gasteiger partial charge in [0.25, 0.3) is 0 Å². The third-order valence-electron chi connectivity index (χ3n) is 2.53. The zero-order valence-corrected chi connectivity index (χ0v) is 10.7. The minimum atomic E-state index is -0.292. The summed E-state index contributed by atoms with van der Waals surface area (Å²) in [6.45, 7) is 0. The molecule has 0 saturated carbocycles. The first-order chi connectivity index (χ1) is 8.16. The topological polar surface area (TPSA) is 38.9 Å². The molecule has 4 heteroatoms. The quantitative estimate of drug-likeness (QED) is 0.944. The van der Waals surface area contributed by atoms with E-state index in [1.807, 2.05) is 12.1 Å². The molecule has 88 valence electrons. The van der Waals surface area contributed by atoms with E-state index >= 15 is 0 Å². The van der Waals surface area contributed by atoms with Crippen LogP contribution < -0.4 is 5.73 Å². The fourth-order valence-electron chi connectivity index (χ4n) is 1.61. The van der Waals surface area contributed by atoms with Crippen molar-refractivity contribution in [1.82, 2.24) is 4.98 Å². The smallest absolute Gasteiger partial charge is 0.126 e. The maximum atomic E-state index is 13.4. The molecule has 1 unspecified atom stereocenters. The van der Waals surface area contributed by atoms with Crippen molar-refractivity contribution in [1.29, 1.82) is 0 Å². The van der Waals surface area contributed by atoms with E-state index in [2.05, 4.69) is 20.9 Å². The molecule has 2 rings (SSSR count). The van der Waals surface area contributed by atoms with Crippen molar-refractivity contribution in [2.75, 3.05) is 0 Å². The summed E-state index contributed by atoms with van der Waals surface area (Å²) in [6, 6.07) is 10.1. The van der Waals surface area contributed by atoms with Crippen molar-refractivity contribution >= 4 is 15.9 Å². The number of benzene rings is 1. The monoisotopic (exact) mass is 294 g/mol. The second-order valence-electron chi connectivity index (χ2n) is 3.80. The zero-order valence-electron chi connectivity index (χ0n) is 9.11. The van der Waals surface area contributed by atoms with Crippen LogP contribution in [-0.2, 0) is 6.42 Å². The predicted molar refractivity (Wildman–Crippen MR) is 69.0 cm³/mol. The molecule has 0 aliphatic heterocycles. The van der Waals surface area contributed by atoms with Gasteiger partial charge in [0.2, 0.25) is 0 Å². The van der Waals surface area contributed by atoms with Gasteiger partial charge in [-0.2, -0.15) is 0 Å². The Morgan fingerprint density at radius 1 is 1.24 bits per heavy atom. The molecule has 0 saturated heterocycles. The first kappa shape index (κ1) is 12.2. The average Bonchev–Trinajstić information content (AvgIpc) is 2.33. The van der Waals surface area contributed by atoms with E-state index in [0.29, 0.717) is 12.0 Å². The van der Waals surface area contributed by atoms with Crippen LogP contribution in [0.1, 0.15) is 17.3 Å². The maximum Gasteiger partial charge on any atom is 0.126 e. The second kappa shape index (κ2) is 5.38. The first-order valence-corrected chi connectivity index (χ1v) is 6.06. The summed E-state index contributed by atoms with van der Waals surface area (Å²) in [5.41, 5.74) is 7.38. The molecule has 0 amide bonds. The van der Waals surface area contributed by atoms with Gasteiger partial charge in [-0.05, 0) is 46.1 Å². The van der Waals surface area contributed by atoms with E-state index in [1.54, 1.807) is 24.4 Å². The molecule has 17 heavy (non-hydrogen) atoms. The van der Waals surface area contributed by atoms with Gasteiger partial charge >= 0.3 is 0 Å². The Labute approximate surface area is 108 Å². The van der Waals surface area contributed by atoms with E-state index in [1.165, 1.54) is 6.07 Å². The van der Waals surface area contributed by atoms with E-state index in [-0.39, 0.29) is 11.9 Å². The summed E-state index contributed by atoms with van der Waals surface area (Å²) in [4.78, 5) is 4.21. The molecule has 0 spiro atoms. The molecule has 2 nitrogen and oxygen atoms in total. The largest absolute Gasteiger partial charge is 0.322 e. The Morgan fingerprint density at radius 2 is 2.00 bits per heavy atom. The molecular formula is C13H12BrFN2. The number of hydrogen-bond acceptors (Lipinski definition) is 2. The molecule has 2 N–H and O–H groups in total. The van der Waals surface area contributed by atoms with Gasteiger partial charge in [-0.25, -0.2) is 4.39 Å². The molecule has 0 aliphatic rings. The lowest BCUT2D eigenvalue weighted by molar-refractivity contribution is 0.590. The van der Waals surface area contributed by atoms with Crippen molar-refractivity contribution in [2.45, 2.75) is 12.5 Å². The van der Waals surface area contributed by atoms with E-state index < -0.39 is 0 Å². The van der Waals surface area contributed by atoms with Crippen LogP contribution in [0.2, 0.25) is 0 Å². The number of nitrogens with two attached hydrogens (primary N) is 1. The van der Waals surface area contributed by atoms with Gasteiger partial charge in [-0.3, -0.25) is 4.98 Å². The average molecular weight is 295 g/mol. The third-order valence-corrected chi connectivity index (χ3v) is 3.00. The van der Waals surface area contributed by atoms with Crippen molar-refractivity contribution < 1.29 is 4.39 Å². The normalized spacial score (nSPS) is 12.4. The van der Waals surface area contributed by atoms with Gasteiger partial charge in [-0.1, -0.05) is 18.2 Å². The van der Waals surface area contributed by atoms with Crippen molar-refractivity contribution in [2.24, 2.45) is 5.73 Å². The lowest BCUT2D eigenvalue weighted by Gasteiger charge is -2.11. The second-order valence-corrected chi connectivity index (χ2v) is 4.72. The summed E-state index contributed by atoms with van der Waals surface area (Å²) in [6.07, 6.45) is 2.14. The third kappa shape index (κ3) is 3.11. The van der Waals surface area contributed by atoms with Crippen molar-refractivity contribution in [3.8, 4) is 0 Å². The lowest BCUT2D eigenvalue weighted by atomic mass is 10.0. The molecule has 1 heterocycles. The van der Waals surface area contributed by atoms with Crippen LogP contribution in [0, 0.1) is 5.82 Å². The fraction of sp³-hybridized carbons (Fsp3) is 0.154. The Morgan fingerprint density at radius 3 is 2.65 bits per heavy atom. The molecular weight excluding hydrogens is 283 g/mol. The van der Waals surface area contributed by atoms with Crippen LogP contribution in [-0.4, -0.2) is 4.98 Å². The predicted octanol–water partition coefficient (Wildman–Crippen LogP) is 3.23. The Hall–Kier alpha value is -1.26. The van der Waals surface area contributed by atoms with Crippen LogP contribution in [0.3, 0.4) is 0 Å². The van der Waals surface area contributed by atoms with Crippen LogP contribution in [0.4, 0.5) is 4.39 Å². The van der Waals surface area contributed by atoms with E-state index in [4.69, 9.17) is 5.73 Å².